The van der Waals surface area contributed by atoms with Crippen molar-refractivity contribution in [3.63, 3.8) is 0 Å². The molecule has 0 aliphatic heterocycles. The fourth-order valence-corrected chi connectivity index (χ4v) is 2.51. The molecule has 0 aliphatic carbocycles. The van der Waals surface area contributed by atoms with Crippen LogP contribution in [0.2, 0.25) is 0 Å². The SMILES string of the molecule is CCOc1ccccc1Nc1ncc(C(=O)Nc2ccc(CC)cc2)cn1. The number of nitrogens with zero attached hydrogens (tertiary/aromatic N) is 2. The summed E-state index contributed by atoms with van der Waals surface area (Å²) in [7, 11) is 0. The third-order valence-electron chi connectivity index (χ3n) is 3.97. The average Bonchev–Trinajstić information content (AvgIpc) is 2.71. The molecule has 27 heavy (non-hydrogen) atoms. The van der Waals surface area contributed by atoms with Gasteiger partial charge in [0.2, 0.25) is 5.95 Å². The fourth-order valence-electron chi connectivity index (χ4n) is 2.51. The summed E-state index contributed by atoms with van der Waals surface area (Å²) >= 11 is 0. The molecule has 6 nitrogen and oxygen atoms in total. The number of hydrogen-bond donors (Lipinski definition) is 2. The molecule has 0 saturated heterocycles. The molecule has 0 spiro atoms. The van der Waals surface area contributed by atoms with Crippen molar-refractivity contribution in [3.8, 4) is 5.75 Å². The summed E-state index contributed by atoms with van der Waals surface area (Å²) < 4.78 is 5.57. The Balaban J connectivity index is 1.66. The van der Waals surface area contributed by atoms with Crippen LogP contribution in [0.5, 0.6) is 5.75 Å². The van der Waals surface area contributed by atoms with Crippen molar-refractivity contribution in [1.82, 2.24) is 9.97 Å². The second-order valence-electron chi connectivity index (χ2n) is 5.85. The number of carbonyl (C=O) groups is 1. The number of hydrogen-bond acceptors (Lipinski definition) is 5. The van der Waals surface area contributed by atoms with Crippen molar-refractivity contribution in [1.29, 1.82) is 0 Å². The summed E-state index contributed by atoms with van der Waals surface area (Å²) in [5.41, 5.74) is 3.12. The van der Waals surface area contributed by atoms with E-state index in [-0.39, 0.29) is 5.91 Å². The Kier molecular flexibility index (Phi) is 5.99. The topological polar surface area (TPSA) is 76.1 Å². The standard InChI is InChI=1S/C21H22N4O2/c1-3-15-9-11-17(12-10-15)24-20(26)16-13-22-21(23-14-16)25-18-7-5-6-8-19(18)27-4-2/h5-14H,3-4H2,1-2H3,(H,24,26)(H,22,23,25). The first-order chi connectivity index (χ1) is 13.2. The van der Waals surface area contributed by atoms with Crippen LogP contribution in [-0.4, -0.2) is 22.5 Å². The third kappa shape index (κ3) is 4.82. The predicted octanol–water partition coefficient (Wildman–Crippen LogP) is 4.43. The molecular weight excluding hydrogens is 340 g/mol. The number of amides is 1. The van der Waals surface area contributed by atoms with E-state index in [4.69, 9.17) is 4.74 Å². The van der Waals surface area contributed by atoms with E-state index >= 15 is 0 Å². The van der Waals surface area contributed by atoms with Crippen LogP contribution in [-0.2, 0) is 6.42 Å². The van der Waals surface area contributed by atoms with Crippen LogP contribution < -0.4 is 15.4 Å². The molecule has 0 radical (unpaired) electrons. The first-order valence-electron chi connectivity index (χ1n) is 8.90. The van der Waals surface area contributed by atoms with Gasteiger partial charge in [-0.15, -0.1) is 0 Å². The fraction of sp³-hybridized carbons (Fsp3) is 0.190. The normalized spacial score (nSPS) is 10.3. The van der Waals surface area contributed by atoms with E-state index in [0.29, 0.717) is 18.1 Å². The monoisotopic (exact) mass is 362 g/mol. The maximum absolute atomic E-state index is 12.3. The summed E-state index contributed by atoms with van der Waals surface area (Å²) in [6.07, 6.45) is 3.95. The molecule has 0 bridgehead atoms. The quantitative estimate of drug-likeness (QED) is 0.650. The summed E-state index contributed by atoms with van der Waals surface area (Å²) in [5, 5.41) is 5.95. The van der Waals surface area contributed by atoms with Crippen LogP contribution in [0.15, 0.2) is 60.9 Å². The van der Waals surface area contributed by atoms with Gasteiger partial charge in [-0.3, -0.25) is 4.79 Å². The molecule has 1 heterocycles. The number of ether oxygens (including phenoxy) is 1. The molecule has 0 saturated carbocycles. The molecule has 0 unspecified atom stereocenters. The van der Waals surface area contributed by atoms with Gasteiger partial charge in [0.25, 0.3) is 5.91 Å². The predicted molar refractivity (Wildman–Crippen MR) is 107 cm³/mol. The summed E-state index contributed by atoms with van der Waals surface area (Å²) in [4.78, 5) is 20.8. The highest BCUT2D eigenvalue weighted by Crippen LogP contribution is 2.25. The minimum Gasteiger partial charge on any atom is -0.492 e. The first kappa shape index (κ1) is 18.4. The lowest BCUT2D eigenvalue weighted by molar-refractivity contribution is 0.102. The van der Waals surface area contributed by atoms with E-state index < -0.39 is 0 Å². The van der Waals surface area contributed by atoms with E-state index in [1.807, 2.05) is 55.5 Å². The van der Waals surface area contributed by atoms with Gasteiger partial charge in [0.1, 0.15) is 5.75 Å². The number of rotatable bonds is 7. The Morgan fingerprint density at radius 1 is 1.00 bits per heavy atom. The van der Waals surface area contributed by atoms with Gasteiger partial charge in [0.15, 0.2) is 0 Å². The summed E-state index contributed by atoms with van der Waals surface area (Å²) in [6, 6.07) is 15.3. The second kappa shape index (κ2) is 8.80. The Morgan fingerprint density at radius 2 is 1.70 bits per heavy atom. The number of aromatic nitrogens is 2. The molecule has 0 aliphatic rings. The molecule has 2 aromatic carbocycles. The van der Waals surface area contributed by atoms with Crippen molar-refractivity contribution in [3.05, 3.63) is 72.1 Å². The highest BCUT2D eigenvalue weighted by Gasteiger charge is 2.09. The van der Waals surface area contributed by atoms with Crippen LogP contribution in [0.4, 0.5) is 17.3 Å². The van der Waals surface area contributed by atoms with Crippen LogP contribution in [0.25, 0.3) is 0 Å². The van der Waals surface area contributed by atoms with E-state index in [0.717, 1.165) is 23.5 Å². The van der Waals surface area contributed by atoms with Gasteiger partial charge in [0.05, 0.1) is 17.9 Å². The number of aryl methyl sites for hydroxylation is 1. The molecule has 1 aromatic heterocycles. The molecule has 0 fully saturated rings. The second-order valence-corrected chi connectivity index (χ2v) is 5.85. The highest BCUT2D eigenvalue weighted by atomic mass is 16.5. The number of para-hydroxylation sites is 2. The molecule has 138 valence electrons. The average molecular weight is 362 g/mol. The van der Waals surface area contributed by atoms with E-state index in [9.17, 15) is 4.79 Å². The summed E-state index contributed by atoms with van der Waals surface area (Å²) in [6.45, 7) is 4.58. The first-order valence-corrected chi connectivity index (χ1v) is 8.90. The van der Waals surface area contributed by atoms with E-state index in [1.54, 1.807) is 0 Å². The number of nitrogens with one attached hydrogen (secondary N) is 2. The number of anilines is 3. The van der Waals surface area contributed by atoms with Crippen molar-refractivity contribution >= 4 is 23.2 Å². The van der Waals surface area contributed by atoms with Gasteiger partial charge < -0.3 is 15.4 Å². The lowest BCUT2D eigenvalue weighted by Gasteiger charge is -2.11. The van der Waals surface area contributed by atoms with Gasteiger partial charge in [-0.05, 0) is 43.2 Å². The number of benzene rings is 2. The van der Waals surface area contributed by atoms with Gasteiger partial charge in [-0.1, -0.05) is 31.2 Å². The van der Waals surface area contributed by atoms with Crippen molar-refractivity contribution < 1.29 is 9.53 Å². The van der Waals surface area contributed by atoms with Crippen LogP contribution in [0.3, 0.4) is 0 Å². The largest absolute Gasteiger partial charge is 0.492 e. The molecule has 3 rings (SSSR count). The summed E-state index contributed by atoms with van der Waals surface area (Å²) in [5.74, 6) is 0.868. The van der Waals surface area contributed by atoms with Gasteiger partial charge in [-0.25, -0.2) is 9.97 Å². The van der Waals surface area contributed by atoms with Gasteiger partial charge >= 0.3 is 0 Å². The smallest absolute Gasteiger partial charge is 0.258 e. The number of carbonyl (C=O) groups excluding carboxylic acids is 1. The Hall–Kier alpha value is -3.41. The van der Waals surface area contributed by atoms with Gasteiger partial charge in [-0.2, -0.15) is 0 Å². The maximum atomic E-state index is 12.3. The van der Waals surface area contributed by atoms with Crippen LogP contribution in [0, 0.1) is 0 Å². The van der Waals surface area contributed by atoms with Crippen LogP contribution in [0.1, 0.15) is 29.8 Å². The van der Waals surface area contributed by atoms with E-state index in [1.165, 1.54) is 18.0 Å². The minimum absolute atomic E-state index is 0.250. The molecule has 6 heteroatoms. The Labute approximate surface area is 158 Å². The third-order valence-corrected chi connectivity index (χ3v) is 3.97. The molecule has 3 aromatic rings. The molecule has 2 N–H and O–H groups in total. The lowest BCUT2D eigenvalue weighted by Crippen LogP contribution is -2.13. The molecular formula is C21H22N4O2. The van der Waals surface area contributed by atoms with Crippen molar-refractivity contribution in [2.24, 2.45) is 0 Å². The maximum Gasteiger partial charge on any atom is 0.258 e. The lowest BCUT2D eigenvalue weighted by atomic mass is 10.1. The highest BCUT2D eigenvalue weighted by molar-refractivity contribution is 6.03. The Morgan fingerprint density at radius 3 is 2.37 bits per heavy atom. The molecule has 0 atom stereocenters. The van der Waals surface area contributed by atoms with Crippen molar-refractivity contribution in [2.75, 3.05) is 17.2 Å². The molecule has 1 amide bonds. The van der Waals surface area contributed by atoms with Crippen molar-refractivity contribution in [2.45, 2.75) is 20.3 Å². The zero-order valence-corrected chi connectivity index (χ0v) is 15.4. The zero-order chi connectivity index (χ0) is 19.1. The minimum atomic E-state index is -0.250. The Bertz CT molecular complexity index is 893. The van der Waals surface area contributed by atoms with Gasteiger partial charge in [0, 0.05) is 18.1 Å². The van der Waals surface area contributed by atoms with E-state index in [2.05, 4.69) is 27.5 Å². The van der Waals surface area contributed by atoms with Crippen LogP contribution >= 0.6 is 0 Å². The zero-order valence-electron chi connectivity index (χ0n) is 15.4.